The van der Waals surface area contributed by atoms with E-state index >= 15 is 0 Å². The van der Waals surface area contributed by atoms with Crippen molar-refractivity contribution in [2.24, 2.45) is 4.99 Å². The molecular formula is C29H35N5O2. The Hall–Kier alpha value is -4.10. The van der Waals surface area contributed by atoms with Gasteiger partial charge in [0.15, 0.2) is 0 Å². The van der Waals surface area contributed by atoms with Gasteiger partial charge in [0.1, 0.15) is 5.75 Å². The molecule has 0 aliphatic rings. The van der Waals surface area contributed by atoms with Gasteiger partial charge in [-0.25, -0.2) is 0 Å². The van der Waals surface area contributed by atoms with Crippen LogP contribution in [0.1, 0.15) is 24.2 Å². The predicted molar refractivity (Wildman–Crippen MR) is 151 cm³/mol. The van der Waals surface area contributed by atoms with Gasteiger partial charge < -0.3 is 20.3 Å². The first-order valence-corrected chi connectivity index (χ1v) is 12.0. The third-order valence-electron chi connectivity index (χ3n) is 5.86. The van der Waals surface area contributed by atoms with Crippen molar-refractivity contribution >= 4 is 35.4 Å². The van der Waals surface area contributed by atoms with Crippen molar-refractivity contribution in [3.8, 4) is 5.75 Å². The summed E-state index contributed by atoms with van der Waals surface area (Å²) in [5, 5.41) is 6.30. The minimum atomic E-state index is -0.185. The van der Waals surface area contributed by atoms with E-state index in [1.54, 1.807) is 25.3 Å². The number of amides is 1. The largest absolute Gasteiger partial charge is 0.497 e. The summed E-state index contributed by atoms with van der Waals surface area (Å²) in [7, 11) is 3.59. The van der Waals surface area contributed by atoms with Crippen molar-refractivity contribution < 1.29 is 9.53 Å². The number of nitrogens with one attached hydrogen (secondary N) is 2. The topological polar surface area (TPSA) is 69.2 Å². The number of hydrogen-bond acceptors (Lipinski definition) is 6. The van der Waals surface area contributed by atoms with Crippen molar-refractivity contribution in [1.29, 1.82) is 0 Å². The van der Waals surface area contributed by atoms with E-state index in [1.807, 2.05) is 55.7 Å². The molecule has 0 aliphatic heterocycles. The molecular weight excluding hydrogens is 450 g/mol. The fraction of sp³-hybridized carbons (Fsp3) is 0.241. The first kappa shape index (κ1) is 26.5. The van der Waals surface area contributed by atoms with Crippen molar-refractivity contribution in [3.05, 3.63) is 90.3 Å². The smallest absolute Gasteiger partial charge is 0.255 e. The molecule has 0 aliphatic carbocycles. The molecule has 3 aromatic rings. The molecule has 0 fully saturated rings. The molecule has 3 rings (SSSR count). The minimum absolute atomic E-state index is 0.185. The van der Waals surface area contributed by atoms with E-state index in [4.69, 9.17) is 4.74 Å². The lowest BCUT2D eigenvalue weighted by molar-refractivity contribution is 0.102. The standard InChI is InChI=1S/C29H35N5O2/c1-6-34(7-2)21-26(30-3)20-33(4)27-17-15-24(16-18-27)31-23-11-13-25(14-12-23)32-29(35)22-9-8-10-28(19-22)36-5/h8-20,31H,3,6-7,21H2,1-2,4-5H3,(H,32,35)/b26-20-. The molecule has 188 valence electrons. The molecule has 0 atom stereocenters. The third-order valence-corrected chi connectivity index (χ3v) is 5.86. The van der Waals surface area contributed by atoms with Gasteiger partial charge in [-0.05, 0) is 86.5 Å². The van der Waals surface area contributed by atoms with E-state index in [0.717, 1.165) is 42.4 Å². The van der Waals surface area contributed by atoms with E-state index in [-0.39, 0.29) is 5.91 Å². The molecule has 7 heteroatoms. The van der Waals surface area contributed by atoms with Crippen molar-refractivity contribution in [2.75, 3.05) is 49.3 Å². The van der Waals surface area contributed by atoms with E-state index in [9.17, 15) is 4.79 Å². The number of carbonyl (C=O) groups is 1. The second-order valence-corrected chi connectivity index (χ2v) is 8.29. The first-order valence-electron chi connectivity index (χ1n) is 12.0. The minimum Gasteiger partial charge on any atom is -0.497 e. The zero-order chi connectivity index (χ0) is 25.9. The molecule has 36 heavy (non-hydrogen) atoms. The van der Waals surface area contributed by atoms with Gasteiger partial charge in [0.05, 0.1) is 12.8 Å². The van der Waals surface area contributed by atoms with Gasteiger partial charge in [0.25, 0.3) is 5.91 Å². The Balaban J connectivity index is 1.59. The average Bonchev–Trinajstić information content (AvgIpc) is 2.92. The molecule has 0 saturated heterocycles. The van der Waals surface area contributed by atoms with Crippen LogP contribution in [0.2, 0.25) is 0 Å². The molecule has 3 aromatic carbocycles. The molecule has 0 radical (unpaired) electrons. The van der Waals surface area contributed by atoms with Gasteiger partial charge in [-0.2, -0.15) is 0 Å². The van der Waals surface area contributed by atoms with Crippen LogP contribution in [0.3, 0.4) is 0 Å². The van der Waals surface area contributed by atoms with Crippen LogP contribution in [0, 0.1) is 0 Å². The van der Waals surface area contributed by atoms with E-state index in [2.05, 4.69) is 58.1 Å². The monoisotopic (exact) mass is 485 g/mol. The normalized spacial score (nSPS) is 11.2. The molecule has 7 nitrogen and oxygen atoms in total. The van der Waals surface area contributed by atoms with Crippen LogP contribution in [-0.4, -0.2) is 51.3 Å². The maximum atomic E-state index is 12.5. The number of methoxy groups -OCH3 is 1. The first-order chi connectivity index (χ1) is 17.4. The van der Waals surface area contributed by atoms with Gasteiger partial charge in [0, 0.05) is 48.1 Å². The molecule has 0 spiro atoms. The van der Waals surface area contributed by atoms with Gasteiger partial charge in [-0.1, -0.05) is 19.9 Å². The van der Waals surface area contributed by atoms with Gasteiger partial charge in [-0.15, -0.1) is 0 Å². The lowest BCUT2D eigenvalue weighted by Crippen LogP contribution is -2.25. The molecule has 0 saturated carbocycles. The van der Waals surface area contributed by atoms with Crippen LogP contribution < -0.4 is 20.3 Å². The summed E-state index contributed by atoms with van der Waals surface area (Å²) in [6.45, 7) is 10.7. The maximum Gasteiger partial charge on any atom is 0.255 e. The van der Waals surface area contributed by atoms with Gasteiger partial charge in [0.2, 0.25) is 0 Å². The van der Waals surface area contributed by atoms with Crippen LogP contribution in [0.25, 0.3) is 0 Å². The third kappa shape index (κ3) is 7.45. The second kappa shape index (κ2) is 13.1. The quantitative estimate of drug-likeness (QED) is 0.308. The Morgan fingerprint density at radius 1 is 0.972 bits per heavy atom. The number of rotatable bonds is 12. The lowest BCUT2D eigenvalue weighted by Gasteiger charge is -2.21. The summed E-state index contributed by atoms with van der Waals surface area (Å²) in [5.41, 5.74) is 5.13. The average molecular weight is 486 g/mol. The van der Waals surface area contributed by atoms with Gasteiger partial charge >= 0.3 is 0 Å². The Morgan fingerprint density at radius 3 is 2.17 bits per heavy atom. The van der Waals surface area contributed by atoms with E-state index in [0.29, 0.717) is 17.0 Å². The van der Waals surface area contributed by atoms with Crippen LogP contribution in [0.15, 0.2) is 89.7 Å². The van der Waals surface area contributed by atoms with E-state index < -0.39 is 0 Å². The summed E-state index contributed by atoms with van der Waals surface area (Å²) >= 11 is 0. The number of anilines is 4. The number of aliphatic imine (C=N–C) groups is 1. The van der Waals surface area contributed by atoms with Crippen molar-refractivity contribution in [3.63, 3.8) is 0 Å². The summed E-state index contributed by atoms with van der Waals surface area (Å²) in [6, 6.07) is 22.8. The second-order valence-electron chi connectivity index (χ2n) is 8.29. The molecule has 0 unspecified atom stereocenters. The van der Waals surface area contributed by atoms with Crippen LogP contribution >= 0.6 is 0 Å². The predicted octanol–water partition coefficient (Wildman–Crippen LogP) is 6.01. The fourth-order valence-electron chi connectivity index (χ4n) is 3.66. The zero-order valence-electron chi connectivity index (χ0n) is 21.5. The highest BCUT2D eigenvalue weighted by atomic mass is 16.5. The summed E-state index contributed by atoms with van der Waals surface area (Å²) in [6.07, 6.45) is 2.02. The zero-order valence-corrected chi connectivity index (χ0v) is 21.5. The van der Waals surface area contributed by atoms with Crippen LogP contribution in [0.5, 0.6) is 5.75 Å². The highest BCUT2D eigenvalue weighted by Gasteiger charge is 2.08. The molecule has 0 aromatic heterocycles. The Labute approximate surface area is 214 Å². The Kier molecular flexibility index (Phi) is 9.65. The lowest BCUT2D eigenvalue weighted by atomic mass is 10.2. The fourth-order valence-corrected chi connectivity index (χ4v) is 3.66. The number of benzene rings is 3. The summed E-state index contributed by atoms with van der Waals surface area (Å²) in [5.74, 6) is 0.461. The van der Waals surface area contributed by atoms with Gasteiger partial charge in [-0.3, -0.25) is 14.7 Å². The highest BCUT2D eigenvalue weighted by molar-refractivity contribution is 6.04. The summed E-state index contributed by atoms with van der Waals surface area (Å²) < 4.78 is 5.19. The molecule has 0 heterocycles. The number of hydrogen-bond donors (Lipinski definition) is 2. The van der Waals surface area contributed by atoms with Crippen molar-refractivity contribution in [2.45, 2.75) is 13.8 Å². The number of ether oxygens (including phenoxy) is 1. The molecule has 0 bridgehead atoms. The van der Waals surface area contributed by atoms with Crippen molar-refractivity contribution in [1.82, 2.24) is 4.90 Å². The maximum absolute atomic E-state index is 12.5. The highest BCUT2D eigenvalue weighted by Crippen LogP contribution is 2.23. The summed E-state index contributed by atoms with van der Waals surface area (Å²) in [4.78, 5) is 21.1. The van der Waals surface area contributed by atoms with E-state index in [1.165, 1.54) is 0 Å². The number of nitrogens with zero attached hydrogens (tertiary/aromatic N) is 3. The number of likely N-dealkylation sites (N-methyl/N-ethyl adjacent to an activating group) is 1. The number of carbonyl (C=O) groups excluding carboxylic acids is 1. The van der Waals surface area contributed by atoms with Crippen LogP contribution in [-0.2, 0) is 0 Å². The SMILES string of the molecule is C=N/C(=C\N(C)c1ccc(Nc2ccc(NC(=O)c3cccc(OC)c3)cc2)cc1)CN(CC)CC. The molecule has 1 amide bonds. The Bertz CT molecular complexity index is 1170. The molecule has 2 N–H and O–H groups in total. The van der Waals surface area contributed by atoms with Crippen LogP contribution in [0.4, 0.5) is 22.7 Å². The Morgan fingerprint density at radius 2 is 1.58 bits per heavy atom.